The second-order valence-electron chi connectivity index (χ2n) is 6.29. The van der Waals surface area contributed by atoms with Crippen LogP contribution in [0, 0.1) is 11.3 Å². The molecule has 2 aromatic carbocycles. The standard InChI is InChI=1S/C22H22N6O/c1-3-28(4-2)19-11-9-17(10-12-19)24-21-14-13-20(26-27-21)22(29)25-18-7-5-16(15-23)6-8-18/h5-14H,3-4H2,1-2H3,(H,24,27)(H,25,29). The van der Waals surface area contributed by atoms with Crippen molar-refractivity contribution in [2.45, 2.75) is 13.8 Å². The number of hydrogen-bond donors (Lipinski definition) is 2. The van der Waals surface area contributed by atoms with E-state index in [4.69, 9.17) is 5.26 Å². The Labute approximate surface area is 170 Å². The van der Waals surface area contributed by atoms with Crippen LogP contribution in [0.1, 0.15) is 29.9 Å². The predicted octanol–water partition coefficient (Wildman–Crippen LogP) is 4.19. The fraction of sp³-hybridized carbons (Fsp3) is 0.182. The third-order valence-corrected chi connectivity index (χ3v) is 4.44. The van der Waals surface area contributed by atoms with Crippen LogP contribution >= 0.6 is 0 Å². The van der Waals surface area contributed by atoms with Gasteiger partial charge in [0.1, 0.15) is 0 Å². The molecule has 1 aromatic heterocycles. The number of carbonyl (C=O) groups excluding carboxylic acids is 1. The molecule has 0 unspecified atom stereocenters. The average molecular weight is 386 g/mol. The molecule has 146 valence electrons. The Hall–Kier alpha value is -3.92. The lowest BCUT2D eigenvalue weighted by atomic mass is 10.2. The predicted molar refractivity (Wildman–Crippen MR) is 114 cm³/mol. The molecule has 0 atom stereocenters. The second-order valence-corrected chi connectivity index (χ2v) is 6.29. The second kappa shape index (κ2) is 9.33. The van der Waals surface area contributed by atoms with E-state index in [1.165, 1.54) is 5.69 Å². The third-order valence-electron chi connectivity index (χ3n) is 4.44. The average Bonchev–Trinajstić information content (AvgIpc) is 2.77. The summed E-state index contributed by atoms with van der Waals surface area (Å²) in [7, 11) is 0. The highest BCUT2D eigenvalue weighted by Gasteiger charge is 2.09. The highest BCUT2D eigenvalue weighted by atomic mass is 16.1. The van der Waals surface area contributed by atoms with Crippen LogP contribution in [0.25, 0.3) is 0 Å². The smallest absolute Gasteiger partial charge is 0.276 e. The summed E-state index contributed by atoms with van der Waals surface area (Å²) in [4.78, 5) is 14.6. The van der Waals surface area contributed by atoms with Gasteiger partial charge in [0.15, 0.2) is 11.5 Å². The quantitative estimate of drug-likeness (QED) is 0.632. The first kappa shape index (κ1) is 19.8. The molecule has 0 radical (unpaired) electrons. The SMILES string of the molecule is CCN(CC)c1ccc(Nc2ccc(C(=O)Nc3ccc(C#N)cc3)nn2)cc1. The molecule has 29 heavy (non-hydrogen) atoms. The molecule has 7 heteroatoms. The summed E-state index contributed by atoms with van der Waals surface area (Å²) in [5, 5.41) is 22.8. The first-order chi connectivity index (χ1) is 14.1. The normalized spacial score (nSPS) is 10.1. The Morgan fingerprint density at radius 1 is 0.931 bits per heavy atom. The molecule has 0 bridgehead atoms. The molecular formula is C22H22N6O. The van der Waals surface area contributed by atoms with Crippen molar-refractivity contribution in [3.8, 4) is 6.07 Å². The largest absolute Gasteiger partial charge is 0.372 e. The van der Waals surface area contributed by atoms with Gasteiger partial charge in [-0.3, -0.25) is 4.79 Å². The summed E-state index contributed by atoms with van der Waals surface area (Å²) in [6, 6.07) is 20.1. The summed E-state index contributed by atoms with van der Waals surface area (Å²) in [5.74, 6) is 0.188. The van der Waals surface area contributed by atoms with Crippen molar-refractivity contribution in [3.63, 3.8) is 0 Å². The van der Waals surface area contributed by atoms with Crippen molar-refractivity contribution in [3.05, 3.63) is 71.9 Å². The van der Waals surface area contributed by atoms with E-state index in [2.05, 4.69) is 51.7 Å². The van der Waals surface area contributed by atoms with Crippen molar-refractivity contribution in [1.82, 2.24) is 10.2 Å². The molecule has 0 aliphatic rings. The monoisotopic (exact) mass is 386 g/mol. The van der Waals surface area contributed by atoms with Crippen LogP contribution in [-0.2, 0) is 0 Å². The minimum absolute atomic E-state index is 0.205. The van der Waals surface area contributed by atoms with Gasteiger partial charge in [-0.15, -0.1) is 10.2 Å². The Morgan fingerprint density at radius 2 is 1.59 bits per heavy atom. The zero-order chi connectivity index (χ0) is 20.6. The lowest BCUT2D eigenvalue weighted by molar-refractivity contribution is 0.102. The van der Waals surface area contributed by atoms with Crippen LogP contribution in [0.4, 0.5) is 22.9 Å². The Kier molecular flexibility index (Phi) is 6.38. The molecule has 0 saturated carbocycles. The van der Waals surface area contributed by atoms with Gasteiger partial charge < -0.3 is 15.5 Å². The van der Waals surface area contributed by atoms with Gasteiger partial charge in [-0.05, 0) is 74.5 Å². The summed E-state index contributed by atoms with van der Waals surface area (Å²) < 4.78 is 0. The van der Waals surface area contributed by atoms with Crippen LogP contribution in [0.2, 0.25) is 0 Å². The number of anilines is 4. The highest BCUT2D eigenvalue weighted by Crippen LogP contribution is 2.20. The summed E-state index contributed by atoms with van der Waals surface area (Å²) in [6.45, 7) is 6.18. The molecule has 2 N–H and O–H groups in total. The van der Waals surface area contributed by atoms with Crippen LogP contribution in [-0.4, -0.2) is 29.2 Å². The molecule has 1 amide bonds. The molecule has 0 aliphatic carbocycles. The summed E-state index contributed by atoms with van der Waals surface area (Å²) in [6.07, 6.45) is 0. The molecule has 0 spiro atoms. The topological polar surface area (TPSA) is 93.9 Å². The lowest BCUT2D eigenvalue weighted by Gasteiger charge is -2.21. The van der Waals surface area contributed by atoms with Crippen molar-refractivity contribution in [1.29, 1.82) is 5.26 Å². The zero-order valence-corrected chi connectivity index (χ0v) is 16.4. The van der Waals surface area contributed by atoms with Gasteiger partial charge in [0.2, 0.25) is 0 Å². The number of nitrogens with zero attached hydrogens (tertiary/aromatic N) is 4. The number of rotatable bonds is 7. The minimum atomic E-state index is -0.364. The van der Waals surface area contributed by atoms with E-state index in [-0.39, 0.29) is 11.6 Å². The molecule has 0 fully saturated rings. The number of amides is 1. The van der Waals surface area contributed by atoms with E-state index >= 15 is 0 Å². The molecule has 1 heterocycles. The molecular weight excluding hydrogens is 364 g/mol. The van der Waals surface area contributed by atoms with Crippen molar-refractivity contribution < 1.29 is 4.79 Å². The fourth-order valence-electron chi connectivity index (χ4n) is 2.84. The third kappa shape index (κ3) is 5.08. The molecule has 0 aliphatic heterocycles. The highest BCUT2D eigenvalue weighted by molar-refractivity contribution is 6.02. The Balaban J connectivity index is 1.62. The van der Waals surface area contributed by atoms with Gasteiger partial charge in [-0.25, -0.2) is 0 Å². The van der Waals surface area contributed by atoms with E-state index in [0.717, 1.165) is 18.8 Å². The number of nitrogens with one attached hydrogen (secondary N) is 2. The van der Waals surface area contributed by atoms with Gasteiger partial charge in [-0.2, -0.15) is 5.26 Å². The van der Waals surface area contributed by atoms with Crippen molar-refractivity contribution in [2.24, 2.45) is 0 Å². The number of benzene rings is 2. The van der Waals surface area contributed by atoms with Gasteiger partial charge in [0.05, 0.1) is 11.6 Å². The summed E-state index contributed by atoms with van der Waals surface area (Å²) >= 11 is 0. The maximum atomic E-state index is 12.3. The van der Waals surface area contributed by atoms with Gasteiger partial charge in [0, 0.05) is 30.2 Å². The molecule has 3 rings (SSSR count). The molecule has 7 nitrogen and oxygen atoms in total. The van der Waals surface area contributed by atoms with E-state index in [1.54, 1.807) is 36.4 Å². The van der Waals surface area contributed by atoms with Crippen LogP contribution < -0.4 is 15.5 Å². The number of nitriles is 1. The number of carbonyl (C=O) groups is 1. The van der Waals surface area contributed by atoms with Crippen molar-refractivity contribution in [2.75, 3.05) is 28.6 Å². The Morgan fingerprint density at radius 3 is 2.14 bits per heavy atom. The Bertz CT molecular complexity index is 987. The van der Waals surface area contributed by atoms with Gasteiger partial charge in [0.25, 0.3) is 5.91 Å². The maximum absolute atomic E-state index is 12.3. The fourth-order valence-corrected chi connectivity index (χ4v) is 2.84. The first-order valence-electron chi connectivity index (χ1n) is 9.40. The van der Waals surface area contributed by atoms with Crippen LogP contribution in [0.5, 0.6) is 0 Å². The zero-order valence-electron chi connectivity index (χ0n) is 16.4. The summed E-state index contributed by atoms with van der Waals surface area (Å²) in [5.41, 5.74) is 3.39. The van der Waals surface area contributed by atoms with E-state index in [1.807, 2.05) is 18.2 Å². The minimum Gasteiger partial charge on any atom is -0.372 e. The maximum Gasteiger partial charge on any atom is 0.276 e. The molecule has 0 saturated heterocycles. The number of aromatic nitrogens is 2. The first-order valence-corrected chi connectivity index (χ1v) is 9.40. The van der Waals surface area contributed by atoms with Gasteiger partial charge in [-0.1, -0.05) is 0 Å². The number of hydrogen-bond acceptors (Lipinski definition) is 6. The van der Waals surface area contributed by atoms with Crippen LogP contribution in [0.15, 0.2) is 60.7 Å². The van der Waals surface area contributed by atoms with Crippen molar-refractivity contribution >= 4 is 28.8 Å². The lowest BCUT2D eigenvalue weighted by Crippen LogP contribution is -2.21. The van der Waals surface area contributed by atoms with Gasteiger partial charge >= 0.3 is 0 Å². The van der Waals surface area contributed by atoms with E-state index in [0.29, 0.717) is 17.1 Å². The molecule has 3 aromatic rings. The van der Waals surface area contributed by atoms with E-state index in [9.17, 15) is 4.79 Å². The van der Waals surface area contributed by atoms with E-state index < -0.39 is 0 Å². The van der Waals surface area contributed by atoms with Crippen LogP contribution in [0.3, 0.4) is 0 Å².